The minimum Gasteiger partial charge on any atom is -0.320 e. The maximum atomic E-state index is 13.6. The SMILES string of the molecule is Cc1cc(NC(=O)c2ccc(Br)cc2F)cnc1Br. The summed E-state index contributed by atoms with van der Waals surface area (Å²) in [6, 6.07) is 6.04. The van der Waals surface area contributed by atoms with E-state index in [1.165, 1.54) is 18.3 Å². The van der Waals surface area contributed by atoms with E-state index in [0.29, 0.717) is 14.8 Å². The summed E-state index contributed by atoms with van der Waals surface area (Å²) in [5, 5.41) is 2.61. The summed E-state index contributed by atoms with van der Waals surface area (Å²) >= 11 is 6.41. The molecule has 0 atom stereocenters. The van der Waals surface area contributed by atoms with Crippen molar-refractivity contribution < 1.29 is 9.18 Å². The minimum atomic E-state index is -0.575. The number of rotatable bonds is 2. The summed E-state index contributed by atoms with van der Waals surface area (Å²) in [6.45, 7) is 1.85. The predicted octanol–water partition coefficient (Wildman–Crippen LogP) is 4.31. The van der Waals surface area contributed by atoms with E-state index >= 15 is 0 Å². The molecule has 0 bridgehead atoms. The molecule has 2 aromatic rings. The molecule has 1 N–H and O–H groups in total. The molecule has 19 heavy (non-hydrogen) atoms. The summed E-state index contributed by atoms with van der Waals surface area (Å²) in [4.78, 5) is 16.0. The summed E-state index contributed by atoms with van der Waals surface area (Å²) in [5.74, 6) is -1.08. The molecule has 1 heterocycles. The van der Waals surface area contributed by atoms with Crippen molar-refractivity contribution >= 4 is 43.5 Å². The van der Waals surface area contributed by atoms with Crippen LogP contribution in [-0.4, -0.2) is 10.9 Å². The van der Waals surface area contributed by atoms with Gasteiger partial charge in [0.2, 0.25) is 0 Å². The summed E-state index contributed by atoms with van der Waals surface area (Å²) in [6.07, 6.45) is 1.51. The van der Waals surface area contributed by atoms with Crippen molar-refractivity contribution in [2.75, 3.05) is 5.32 Å². The molecule has 98 valence electrons. The zero-order chi connectivity index (χ0) is 14.0. The zero-order valence-electron chi connectivity index (χ0n) is 9.88. The molecule has 1 amide bonds. The smallest absolute Gasteiger partial charge is 0.258 e. The number of halogens is 3. The lowest BCUT2D eigenvalue weighted by molar-refractivity contribution is 0.102. The van der Waals surface area contributed by atoms with Crippen molar-refractivity contribution in [3.63, 3.8) is 0 Å². The quantitative estimate of drug-likeness (QED) is 0.780. The molecular formula is C13H9Br2FN2O. The van der Waals surface area contributed by atoms with Gasteiger partial charge in [-0.1, -0.05) is 15.9 Å². The van der Waals surface area contributed by atoms with Gasteiger partial charge in [-0.25, -0.2) is 9.37 Å². The van der Waals surface area contributed by atoms with Crippen molar-refractivity contribution in [1.82, 2.24) is 4.98 Å². The van der Waals surface area contributed by atoms with Crippen LogP contribution in [0.25, 0.3) is 0 Å². The number of aromatic nitrogens is 1. The molecule has 0 saturated carbocycles. The van der Waals surface area contributed by atoms with Crippen LogP contribution in [0.4, 0.5) is 10.1 Å². The Balaban J connectivity index is 2.23. The molecule has 0 aliphatic heterocycles. The maximum Gasteiger partial charge on any atom is 0.258 e. The third-order valence-corrected chi connectivity index (χ3v) is 3.77. The van der Waals surface area contributed by atoms with Crippen LogP contribution < -0.4 is 5.32 Å². The number of amides is 1. The highest BCUT2D eigenvalue weighted by Gasteiger charge is 2.12. The molecule has 0 saturated heterocycles. The van der Waals surface area contributed by atoms with Crippen LogP contribution in [0, 0.1) is 12.7 Å². The number of nitrogens with one attached hydrogen (secondary N) is 1. The zero-order valence-corrected chi connectivity index (χ0v) is 13.0. The van der Waals surface area contributed by atoms with Gasteiger partial charge in [0.15, 0.2) is 0 Å². The van der Waals surface area contributed by atoms with E-state index < -0.39 is 11.7 Å². The molecule has 3 nitrogen and oxygen atoms in total. The van der Waals surface area contributed by atoms with E-state index in [9.17, 15) is 9.18 Å². The predicted molar refractivity (Wildman–Crippen MR) is 78.7 cm³/mol. The Morgan fingerprint density at radius 1 is 1.32 bits per heavy atom. The Hall–Kier alpha value is -1.27. The second-order valence-corrected chi connectivity index (χ2v) is 5.58. The van der Waals surface area contributed by atoms with Crippen molar-refractivity contribution in [3.8, 4) is 0 Å². The van der Waals surface area contributed by atoms with E-state index in [1.54, 1.807) is 12.1 Å². The highest BCUT2D eigenvalue weighted by atomic mass is 79.9. The normalized spacial score (nSPS) is 10.3. The number of hydrogen-bond acceptors (Lipinski definition) is 2. The fourth-order valence-corrected chi connectivity index (χ4v) is 2.05. The molecule has 0 fully saturated rings. The number of pyridine rings is 1. The standard InChI is InChI=1S/C13H9Br2FN2O/c1-7-4-9(6-17-12(7)15)18-13(19)10-3-2-8(14)5-11(10)16/h2-6H,1H3,(H,18,19). The van der Waals surface area contributed by atoms with Crippen LogP contribution >= 0.6 is 31.9 Å². The van der Waals surface area contributed by atoms with Gasteiger partial charge in [0.05, 0.1) is 17.4 Å². The fourth-order valence-electron chi connectivity index (χ4n) is 1.50. The van der Waals surface area contributed by atoms with Crippen LogP contribution in [0.1, 0.15) is 15.9 Å². The second-order valence-electron chi connectivity index (χ2n) is 3.91. The lowest BCUT2D eigenvalue weighted by atomic mass is 10.2. The van der Waals surface area contributed by atoms with Gasteiger partial charge in [0, 0.05) is 4.47 Å². The van der Waals surface area contributed by atoms with Gasteiger partial charge in [0.25, 0.3) is 5.91 Å². The third kappa shape index (κ3) is 3.39. The van der Waals surface area contributed by atoms with Crippen LogP contribution in [-0.2, 0) is 0 Å². The van der Waals surface area contributed by atoms with Gasteiger partial charge < -0.3 is 5.32 Å². The Morgan fingerprint density at radius 2 is 2.05 bits per heavy atom. The average molecular weight is 388 g/mol. The molecule has 6 heteroatoms. The number of aryl methyl sites for hydroxylation is 1. The minimum absolute atomic E-state index is 0.0104. The molecular weight excluding hydrogens is 379 g/mol. The van der Waals surface area contributed by atoms with Crippen molar-refractivity contribution in [1.29, 1.82) is 0 Å². The molecule has 1 aromatic heterocycles. The van der Waals surface area contributed by atoms with Gasteiger partial charge in [-0.15, -0.1) is 0 Å². The highest BCUT2D eigenvalue weighted by molar-refractivity contribution is 9.10. The van der Waals surface area contributed by atoms with Crippen LogP contribution in [0.3, 0.4) is 0 Å². The Bertz CT molecular complexity index is 647. The summed E-state index contributed by atoms with van der Waals surface area (Å²) < 4.78 is 14.9. The summed E-state index contributed by atoms with van der Waals surface area (Å²) in [7, 11) is 0. The monoisotopic (exact) mass is 386 g/mol. The van der Waals surface area contributed by atoms with Gasteiger partial charge in [-0.05, 0) is 52.7 Å². The number of benzene rings is 1. The molecule has 0 aliphatic rings. The first kappa shape index (κ1) is 14.1. The van der Waals surface area contributed by atoms with Gasteiger partial charge in [0.1, 0.15) is 10.4 Å². The molecule has 0 aliphatic carbocycles. The van der Waals surface area contributed by atoms with Gasteiger partial charge >= 0.3 is 0 Å². The number of hydrogen-bond donors (Lipinski definition) is 1. The largest absolute Gasteiger partial charge is 0.320 e. The van der Waals surface area contributed by atoms with Crippen molar-refractivity contribution in [2.24, 2.45) is 0 Å². The van der Waals surface area contributed by atoms with Crippen LogP contribution in [0.2, 0.25) is 0 Å². The first-order valence-corrected chi connectivity index (χ1v) is 6.94. The van der Waals surface area contributed by atoms with E-state index in [1.807, 2.05) is 6.92 Å². The summed E-state index contributed by atoms with van der Waals surface area (Å²) in [5.41, 5.74) is 1.39. The van der Waals surface area contributed by atoms with E-state index in [2.05, 4.69) is 42.2 Å². The molecule has 0 spiro atoms. The molecule has 1 aromatic carbocycles. The van der Waals surface area contributed by atoms with Crippen molar-refractivity contribution in [3.05, 3.63) is 56.5 Å². The first-order chi connectivity index (χ1) is 8.97. The number of carbonyl (C=O) groups excluding carboxylic acids is 1. The first-order valence-electron chi connectivity index (χ1n) is 5.36. The Morgan fingerprint density at radius 3 is 2.68 bits per heavy atom. The molecule has 2 rings (SSSR count). The lowest BCUT2D eigenvalue weighted by Gasteiger charge is -2.07. The third-order valence-electron chi connectivity index (χ3n) is 2.45. The number of nitrogens with zero attached hydrogens (tertiary/aromatic N) is 1. The maximum absolute atomic E-state index is 13.6. The number of anilines is 1. The van der Waals surface area contributed by atoms with Crippen LogP contribution in [0.5, 0.6) is 0 Å². The Labute approximate surface area is 126 Å². The van der Waals surface area contributed by atoms with Crippen molar-refractivity contribution in [2.45, 2.75) is 6.92 Å². The van der Waals surface area contributed by atoms with E-state index in [0.717, 1.165) is 5.56 Å². The highest BCUT2D eigenvalue weighted by Crippen LogP contribution is 2.19. The fraction of sp³-hybridized carbons (Fsp3) is 0.0769. The topological polar surface area (TPSA) is 42.0 Å². The average Bonchev–Trinajstić information content (AvgIpc) is 2.33. The van der Waals surface area contributed by atoms with E-state index in [-0.39, 0.29) is 5.56 Å². The molecule has 0 unspecified atom stereocenters. The molecule has 0 radical (unpaired) electrons. The van der Waals surface area contributed by atoms with Gasteiger partial charge in [-0.2, -0.15) is 0 Å². The van der Waals surface area contributed by atoms with Gasteiger partial charge in [-0.3, -0.25) is 4.79 Å². The van der Waals surface area contributed by atoms with E-state index in [4.69, 9.17) is 0 Å². The Kier molecular flexibility index (Phi) is 4.31. The van der Waals surface area contributed by atoms with Crippen LogP contribution in [0.15, 0.2) is 39.5 Å². The second kappa shape index (κ2) is 5.79. The number of carbonyl (C=O) groups is 1. The lowest BCUT2D eigenvalue weighted by Crippen LogP contribution is -2.14.